The summed E-state index contributed by atoms with van der Waals surface area (Å²) in [6.07, 6.45) is -1.13. The Morgan fingerprint density at radius 3 is 2.50 bits per heavy atom. The molecule has 28 heavy (non-hydrogen) atoms. The molecule has 2 saturated heterocycles. The summed E-state index contributed by atoms with van der Waals surface area (Å²) < 4.78 is 24.1. The second-order valence-electron chi connectivity index (χ2n) is 6.73. The third kappa shape index (κ3) is 4.33. The van der Waals surface area contributed by atoms with Crippen molar-refractivity contribution in [2.75, 3.05) is 13.2 Å². The zero-order valence-corrected chi connectivity index (χ0v) is 16.2. The average molecular weight is 400 g/mol. The maximum atomic E-state index is 11.1. The molecule has 1 unspecified atom stereocenters. The topological polar surface area (TPSA) is 57.2 Å². The second-order valence-corrected chi connectivity index (χ2v) is 7.90. The molecule has 0 radical (unpaired) electrons. The molecule has 2 aliphatic heterocycles. The third-order valence-electron chi connectivity index (χ3n) is 4.78. The molecule has 2 heterocycles. The maximum absolute atomic E-state index is 11.1. The molecule has 2 aliphatic rings. The van der Waals surface area contributed by atoms with Crippen molar-refractivity contribution in [3.8, 4) is 0 Å². The number of hydrogen-bond donors (Lipinski definition) is 1. The van der Waals surface area contributed by atoms with E-state index in [0.717, 1.165) is 10.5 Å². The highest BCUT2D eigenvalue weighted by atomic mass is 32.2. The van der Waals surface area contributed by atoms with E-state index in [9.17, 15) is 5.11 Å². The van der Waals surface area contributed by atoms with Gasteiger partial charge in [-0.15, -0.1) is 6.58 Å². The van der Waals surface area contributed by atoms with Crippen LogP contribution in [0.1, 0.15) is 11.9 Å². The minimum absolute atomic E-state index is 0.326. The van der Waals surface area contributed by atoms with E-state index in [0.29, 0.717) is 13.2 Å². The van der Waals surface area contributed by atoms with E-state index in [-0.39, 0.29) is 11.5 Å². The van der Waals surface area contributed by atoms with Crippen LogP contribution in [0.25, 0.3) is 0 Å². The SMILES string of the molecule is C=CCO[C@H]1[C@@H](O)[C@@H]2OC(c3ccccc3)OC[C@H]2O[C@@H]1Sc1ccccc1. The molecule has 0 bridgehead atoms. The molecule has 0 aliphatic carbocycles. The van der Waals surface area contributed by atoms with Crippen LogP contribution >= 0.6 is 11.8 Å². The molecule has 0 aromatic heterocycles. The van der Waals surface area contributed by atoms with Gasteiger partial charge in [0.05, 0.1) is 13.2 Å². The van der Waals surface area contributed by atoms with Crippen LogP contribution in [-0.4, -0.2) is 48.2 Å². The van der Waals surface area contributed by atoms with Crippen molar-refractivity contribution in [1.82, 2.24) is 0 Å². The van der Waals surface area contributed by atoms with Gasteiger partial charge < -0.3 is 24.1 Å². The summed E-state index contributed by atoms with van der Waals surface area (Å²) in [6.45, 7) is 4.38. The van der Waals surface area contributed by atoms with Gasteiger partial charge in [0.1, 0.15) is 29.9 Å². The Morgan fingerprint density at radius 1 is 1.07 bits per heavy atom. The molecular formula is C22H24O5S. The summed E-state index contributed by atoms with van der Waals surface area (Å²) in [5.74, 6) is 0. The van der Waals surface area contributed by atoms with Crippen LogP contribution in [0.5, 0.6) is 0 Å². The number of rotatable bonds is 6. The van der Waals surface area contributed by atoms with Gasteiger partial charge in [-0.3, -0.25) is 0 Å². The van der Waals surface area contributed by atoms with E-state index in [1.54, 1.807) is 6.08 Å². The van der Waals surface area contributed by atoms with Gasteiger partial charge in [0, 0.05) is 10.5 Å². The largest absolute Gasteiger partial charge is 0.387 e. The Balaban J connectivity index is 1.51. The number of ether oxygens (including phenoxy) is 4. The second kappa shape index (κ2) is 9.22. The van der Waals surface area contributed by atoms with Crippen LogP contribution in [0, 0.1) is 0 Å². The van der Waals surface area contributed by atoms with Crippen molar-refractivity contribution in [3.63, 3.8) is 0 Å². The highest BCUT2D eigenvalue weighted by Crippen LogP contribution is 2.39. The van der Waals surface area contributed by atoms with Crippen molar-refractivity contribution in [1.29, 1.82) is 0 Å². The quantitative estimate of drug-likeness (QED) is 0.749. The fraction of sp³-hybridized carbons (Fsp3) is 0.364. The van der Waals surface area contributed by atoms with Gasteiger partial charge >= 0.3 is 0 Å². The number of aliphatic hydroxyl groups is 1. The summed E-state index contributed by atoms with van der Waals surface area (Å²) in [5, 5.41) is 11.1. The lowest BCUT2D eigenvalue weighted by Crippen LogP contribution is -2.61. The molecule has 0 amide bonds. The van der Waals surface area contributed by atoms with Crippen molar-refractivity contribution in [2.45, 2.75) is 41.0 Å². The highest BCUT2D eigenvalue weighted by molar-refractivity contribution is 7.99. The van der Waals surface area contributed by atoms with Gasteiger partial charge in [-0.05, 0) is 12.1 Å². The van der Waals surface area contributed by atoms with Crippen LogP contribution in [0.2, 0.25) is 0 Å². The van der Waals surface area contributed by atoms with Gasteiger partial charge in [0.2, 0.25) is 0 Å². The summed E-state index contributed by atoms with van der Waals surface area (Å²) >= 11 is 1.53. The molecule has 2 aromatic rings. The Labute approximate surface area is 169 Å². The third-order valence-corrected chi connectivity index (χ3v) is 5.94. The summed E-state index contributed by atoms with van der Waals surface area (Å²) in [4.78, 5) is 1.05. The van der Waals surface area contributed by atoms with Gasteiger partial charge in [-0.2, -0.15) is 0 Å². The highest BCUT2D eigenvalue weighted by Gasteiger charge is 2.50. The number of benzene rings is 2. The molecule has 6 atom stereocenters. The molecule has 148 valence electrons. The number of aliphatic hydroxyl groups excluding tert-OH is 1. The zero-order chi connectivity index (χ0) is 19.3. The van der Waals surface area contributed by atoms with Crippen LogP contribution in [-0.2, 0) is 18.9 Å². The molecular weight excluding hydrogens is 376 g/mol. The number of hydrogen-bond acceptors (Lipinski definition) is 6. The molecule has 4 rings (SSSR count). The minimum atomic E-state index is -0.838. The monoisotopic (exact) mass is 400 g/mol. The van der Waals surface area contributed by atoms with Crippen molar-refractivity contribution in [2.24, 2.45) is 0 Å². The Morgan fingerprint density at radius 2 is 1.79 bits per heavy atom. The first-order chi connectivity index (χ1) is 13.8. The standard InChI is InChI=1S/C22H24O5S/c1-2-13-24-20-18(23)19-17(26-22(20)28-16-11-7-4-8-12-16)14-25-21(27-19)15-9-5-3-6-10-15/h2-12,17-23H,1,13-14H2/t17-,18+,19-,20+,21?,22-/m1/s1. The molecule has 0 spiro atoms. The predicted molar refractivity (Wildman–Crippen MR) is 107 cm³/mol. The predicted octanol–water partition coefficient (Wildman–Crippen LogP) is 3.55. The van der Waals surface area contributed by atoms with E-state index in [4.69, 9.17) is 18.9 Å². The number of fused-ring (bicyclic) bond motifs is 1. The average Bonchev–Trinajstić information content (AvgIpc) is 2.75. The van der Waals surface area contributed by atoms with E-state index in [1.807, 2.05) is 60.7 Å². The lowest BCUT2D eigenvalue weighted by molar-refractivity contribution is -0.321. The van der Waals surface area contributed by atoms with E-state index in [2.05, 4.69) is 6.58 Å². The molecule has 2 aromatic carbocycles. The van der Waals surface area contributed by atoms with Crippen LogP contribution in [0.15, 0.2) is 78.2 Å². The Bertz CT molecular complexity index is 756. The fourth-order valence-electron chi connectivity index (χ4n) is 3.43. The van der Waals surface area contributed by atoms with Crippen LogP contribution < -0.4 is 0 Å². The Kier molecular flexibility index (Phi) is 6.47. The molecule has 2 fully saturated rings. The lowest BCUT2D eigenvalue weighted by Gasteiger charge is -2.47. The fourth-order valence-corrected chi connectivity index (χ4v) is 4.59. The van der Waals surface area contributed by atoms with Gasteiger partial charge in [-0.1, -0.05) is 66.4 Å². The molecule has 6 heteroatoms. The zero-order valence-electron chi connectivity index (χ0n) is 15.4. The molecule has 5 nitrogen and oxygen atoms in total. The van der Waals surface area contributed by atoms with E-state index < -0.39 is 24.6 Å². The summed E-state index contributed by atoms with van der Waals surface area (Å²) in [5.41, 5.74) is 0.538. The van der Waals surface area contributed by atoms with Crippen molar-refractivity contribution < 1.29 is 24.1 Å². The smallest absolute Gasteiger partial charge is 0.184 e. The minimum Gasteiger partial charge on any atom is -0.387 e. The van der Waals surface area contributed by atoms with Crippen LogP contribution in [0.3, 0.4) is 0 Å². The van der Waals surface area contributed by atoms with E-state index in [1.165, 1.54) is 11.8 Å². The maximum Gasteiger partial charge on any atom is 0.184 e. The van der Waals surface area contributed by atoms with Crippen LogP contribution in [0.4, 0.5) is 0 Å². The first-order valence-electron chi connectivity index (χ1n) is 9.36. The molecule has 0 saturated carbocycles. The van der Waals surface area contributed by atoms with Gasteiger partial charge in [-0.25, -0.2) is 0 Å². The van der Waals surface area contributed by atoms with Gasteiger partial charge in [0.25, 0.3) is 0 Å². The lowest BCUT2D eigenvalue weighted by atomic mass is 9.98. The van der Waals surface area contributed by atoms with Crippen molar-refractivity contribution in [3.05, 3.63) is 78.9 Å². The first kappa shape index (κ1) is 19.6. The molecule has 1 N–H and O–H groups in total. The van der Waals surface area contributed by atoms with Gasteiger partial charge in [0.15, 0.2) is 6.29 Å². The normalized spacial score (nSPS) is 32.5. The summed E-state index contributed by atoms with van der Waals surface area (Å²) in [6, 6.07) is 19.6. The number of thioether (sulfide) groups is 1. The van der Waals surface area contributed by atoms with E-state index >= 15 is 0 Å². The summed E-state index contributed by atoms with van der Waals surface area (Å²) in [7, 11) is 0. The first-order valence-corrected chi connectivity index (χ1v) is 10.2. The Hall–Kier alpha value is -1.67. The van der Waals surface area contributed by atoms with Crippen molar-refractivity contribution >= 4 is 11.8 Å².